The smallest absolute Gasteiger partial charge is 0.233 e. The van der Waals surface area contributed by atoms with E-state index in [-0.39, 0.29) is 43.3 Å². The summed E-state index contributed by atoms with van der Waals surface area (Å²) in [5.74, 6) is -0.114. The van der Waals surface area contributed by atoms with Gasteiger partial charge in [0.15, 0.2) is 0 Å². The van der Waals surface area contributed by atoms with Gasteiger partial charge in [-0.15, -0.1) is 24.8 Å². The van der Waals surface area contributed by atoms with E-state index in [0.717, 1.165) is 0 Å². The van der Waals surface area contributed by atoms with Crippen LogP contribution in [0.25, 0.3) is 0 Å². The highest BCUT2D eigenvalue weighted by molar-refractivity contribution is 7.07. The molecule has 0 aromatic carbocycles. The average molecular weight is 300 g/mol. The molecule has 0 saturated heterocycles. The first-order chi connectivity index (χ1) is 7.15. The van der Waals surface area contributed by atoms with Crippen LogP contribution in [0.3, 0.4) is 0 Å². The van der Waals surface area contributed by atoms with Crippen molar-refractivity contribution in [3.05, 3.63) is 22.4 Å². The third-order valence-electron chi connectivity index (χ3n) is 2.23. The molecule has 0 saturated carbocycles. The monoisotopic (exact) mass is 299 g/mol. The Labute approximate surface area is 118 Å². The van der Waals surface area contributed by atoms with Gasteiger partial charge in [-0.1, -0.05) is 0 Å². The molecule has 0 aliphatic heterocycles. The first kappa shape index (κ1) is 19.0. The number of carbonyl (C=O) groups is 1. The summed E-state index contributed by atoms with van der Waals surface area (Å²) in [6.07, 6.45) is 0. The Morgan fingerprint density at radius 2 is 2.18 bits per heavy atom. The molecular weight excluding hydrogens is 281 g/mol. The van der Waals surface area contributed by atoms with Gasteiger partial charge in [0.2, 0.25) is 5.91 Å². The maximum atomic E-state index is 11.1. The van der Waals surface area contributed by atoms with Crippen LogP contribution in [0, 0.1) is 0 Å². The van der Waals surface area contributed by atoms with Crippen LogP contribution in [-0.2, 0) is 4.79 Å². The highest BCUT2D eigenvalue weighted by atomic mass is 35.5. The minimum atomic E-state index is -0.114. The van der Waals surface area contributed by atoms with Gasteiger partial charge >= 0.3 is 0 Å². The minimum absolute atomic E-state index is 0. The zero-order valence-electron chi connectivity index (χ0n) is 9.88. The van der Waals surface area contributed by atoms with Gasteiger partial charge in [0, 0.05) is 6.54 Å². The standard InChI is InChI=1S/C10H17N3OS.2ClH/c1-13(2)9(6-12-10(14)5-11)8-3-4-15-7-8;;/h3-4,7,9H,5-6,11H2,1-2H3,(H,12,14);2*1H. The van der Waals surface area contributed by atoms with E-state index in [4.69, 9.17) is 5.73 Å². The molecule has 1 atom stereocenters. The number of nitrogens with two attached hydrogens (primary N) is 1. The van der Waals surface area contributed by atoms with Gasteiger partial charge in [-0.2, -0.15) is 11.3 Å². The van der Waals surface area contributed by atoms with Crippen LogP contribution in [0.5, 0.6) is 0 Å². The Morgan fingerprint density at radius 3 is 2.59 bits per heavy atom. The molecule has 7 heteroatoms. The van der Waals surface area contributed by atoms with E-state index in [1.807, 2.05) is 19.5 Å². The Morgan fingerprint density at radius 1 is 1.53 bits per heavy atom. The van der Waals surface area contributed by atoms with Crippen LogP contribution in [0.15, 0.2) is 16.8 Å². The predicted octanol–water partition coefficient (Wildman–Crippen LogP) is 1.27. The lowest BCUT2D eigenvalue weighted by Gasteiger charge is -2.23. The number of rotatable bonds is 5. The topological polar surface area (TPSA) is 58.4 Å². The number of halogens is 2. The van der Waals surface area contributed by atoms with Crippen LogP contribution in [0.4, 0.5) is 0 Å². The minimum Gasteiger partial charge on any atom is -0.353 e. The first-order valence-corrected chi connectivity index (χ1v) is 5.74. The summed E-state index contributed by atoms with van der Waals surface area (Å²) in [5, 5.41) is 6.94. The molecule has 17 heavy (non-hydrogen) atoms. The summed E-state index contributed by atoms with van der Waals surface area (Å²) in [6, 6.07) is 2.29. The Bertz CT molecular complexity index is 307. The van der Waals surface area contributed by atoms with Crippen molar-refractivity contribution in [1.82, 2.24) is 10.2 Å². The molecule has 0 aliphatic rings. The van der Waals surface area contributed by atoms with E-state index in [9.17, 15) is 4.79 Å². The van der Waals surface area contributed by atoms with Gasteiger partial charge in [-0.05, 0) is 36.5 Å². The lowest BCUT2D eigenvalue weighted by atomic mass is 10.1. The Hall–Kier alpha value is -0.330. The molecule has 4 nitrogen and oxygen atoms in total. The Kier molecular flexibility index (Phi) is 10.8. The summed E-state index contributed by atoms with van der Waals surface area (Å²) >= 11 is 1.66. The summed E-state index contributed by atoms with van der Waals surface area (Å²) in [6.45, 7) is 0.642. The second-order valence-electron chi connectivity index (χ2n) is 3.54. The fourth-order valence-corrected chi connectivity index (χ4v) is 2.05. The van der Waals surface area contributed by atoms with Gasteiger partial charge in [-0.25, -0.2) is 0 Å². The molecule has 100 valence electrons. The number of nitrogens with zero attached hydrogens (tertiary/aromatic N) is 1. The molecule has 1 amide bonds. The molecule has 0 bridgehead atoms. The third-order valence-corrected chi connectivity index (χ3v) is 2.93. The lowest BCUT2D eigenvalue weighted by molar-refractivity contribution is -0.119. The van der Waals surface area contributed by atoms with Gasteiger partial charge < -0.3 is 16.0 Å². The fraction of sp³-hybridized carbons (Fsp3) is 0.500. The van der Waals surface area contributed by atoms with Crippen LogP contribution in [0.1, 0.15) is 11.6 Å². The number of carbonyl (C=O) groups excluding carboxylic acids is 1. The van der Waals surface area contributed by atoms with Crippen molar-refractivity contribution in [3.8, 4) is 0 Å². The SMILES string of the molecule is CN(C)C(CNC(=O)CN)c1ccsc1.Cl.Cl. The summed E-state index contributed by atoms with van der Waals surface area (Å²) < 4.78 is 0. The number of likely N-dealkylation sites (N-methyl/N-ethyl adjacent to an activating group) is 1. The van der Waals surface area contributed by atoms with Gasteiger partial charge in [0.25, 0.3) is 0 Å². The van der Waals surface area contributed by atoms with Crippen LogP contribution >= 0.6 is 36.2 Å². The Balaban J connectivity index is 0. The molecule has 0 aliphatic carbocycles. The zero-order chi connectivity index (χ0) is 11.3. The van der Waals surface area contributed by atoms with Crippen molar-refractivity contribution in [3.63, 3.8) is 0 Å². The van der Waals surface area contributed by atoms with Crippen LogP contribution in [0.2, 0.25) is 0 Å². The average Bonchev–Trinajstić information content (AvgIpc) is 2.70. The van der Waals surface area contributed by atoms with Crippen molar-refractivity contribution < 1.29 is 4.79 Å². The van der Waals surface area contributed by atoms with Crippen molar-refractivity contribution in [1.29, 1.82) is 0 Å². The van der Waals surface area contributed by atoms with Gasteiger partial charge in [-0.3, -0.25) is 4.79 Å². The molecule has 1 aromatic rings. The van der Waals surface area contributed by atoms with Gasteiger partial charge in [0.1, 0.15) is 0 Å². The summed E-state index contributed by atoms with van der Waals surface area (Å²) in [5.41, 5.74) is 6.45. The van der Waals surface area contributed by atoms with Crippen molar-refractivity contribution in [2.24, 2.45) is 5.73 Å². The molecule has 1 aromatic heterocycles. The van der Waals surface area contributed by atoms with E-state index in [2.05, 4.69) is 21.7 Å². The largest absolute Gasteiger partial charge is 0.353 e. The fourth-order valence-electron chi connectivity index (χ4n) is 1.35. The second-order valence-corrected chi connectivity index (χ2v) is 4.32. The number of thiophene rings is 1. The van der Waals surface area contributed by atoms with E-state index in [0.29, 0.717) is 6.54 Å². The predicted molar refractivity (Wildman–Crippen MR) is 77.3 cm³/mol. The number of hydrogen-bond acceptors (Lipinski definition) is 4. The second kappa shape index (κ2) is 9.67. The number of hydrogen-bond donors (Lipinski definition) is 2. The number of amides is 1. The van der Waals surface area contributed by atoms with E-state index < -0.39 is 0 Å². The molecule has 0 radical (unpaired) electrons. The highest BCUT2D eigenvalue weighted by Gasteiger charge is 2.14. The molecule has 0 fully saturated rings. The molecule has 1 heterocycles. The molecule has 3 N–H and O–H groups in total. The van der Waals surface area contributed by atoms with Gasteiger partial charge in [0.05, 0.1) is 12.6 Å². The number of nitrogens with one attached hydrogen (secondary N) is 1. The molecule has 0 spiro atoms. The maximum absolute atomic E-state index is 11.1. The van der Waals surface area contributed by atoms with Crippen molar-refractivity contribution in [2.45, 2.75) is 6.04 Å². The highest BCUT2D eigenvalue weighted by Crippen LogP contribution is 2.19. The summed E-state index contributed by atoms with van der Waals surface area (Å²) in [7, 11) is 3.99. The normalized spacial score (nSPS) is 11.3. The van der Waals surface area contributed by atoms with E-state index in [1.165, 1.54) is 5.56 Å². The van der Waals surface area contributed by atoms with Crippen molar-refractivity contribution >= 4 is 42.1 Å². The molecule has 1 unspecified atom stereocenters. The molecular formula is C10H19Cl2N3OS. The maximum Gasteiger partial charge on any atom is 0.233 e. The first-order valence-electron chi connectivity index (χ1n) is 4.80. The summed E-state index contributed by atoms with van der Waals surface area (Å²) in [4.78, 5) is 13.1. The third kappa shape index (κ3) is 6.24. The molecule has 1 rings (SSSR count). The zero-order valence-corrected chi connectivity index (χ0v) is 12.3. The van der Waals surface area contributed by atoms with E-state index >= 15 is 0 Å². The van der Waals surface area contributed by atoms with Crippen molar-refractivity contribution in [2.75, 3.05) is 27.2 Å². The van der Waals surface area contributed by atoms with Crippen LogP contribution < -0.4 is 11.1 Å². The van der Waals surface area contributed by atoms with Crippen LogP contribution in [-0.4, -0.2) is 38.0 Å². The lowest BCUT2D eigenvalue weighted by Crippen LogP contribution is -2.37. The van der Waals surface area contributed by atoms with E-state index in [1.54, 1.807) is 11.3 Å². The quantitative estimate of drug-likeness (QED) is 0.861.